The molecular weight excluding hydrogens is 278 g/mol. The molecule has 0 spiro atoms. The lowest BCUT2D eigenvalue weighted by Crippen LogP contribution is -2.10. The molecule has 0 aliphatic carbocycles. The van der Waals surface area contributed by atoms with Gasteiger partial charge < -0.3 is 19.8 Å². The van der Waals surface area contributed by atoms with E-state index in [0.29, 0.717) is 19.8 Å². The SMILES string of the molecule is COc1cccc(COCCNc2nc3ccccc3[nH]2)c1. The van der Waals surface area contributed by atoms with Gasteiger partial charge in [0.1, 0.15) is 5.75 Å². The summed E-state index contributed by atoms with van der Waals surface area (Å²) in [5.74, 6) is 1.62. The Morgan fingerprint density at radius 3 is 2.91 bits per heavy atom. The van der Waals surface area contributed by atoms with Gasteiger partial charge in [0.25, 0.3) is 0 Å². The standard InChI is InChI=1S/C17H19N3O2/c1-21-14-6-4-5-13(11-14)12-22-10-9-18-17-19-15-7-2-3-8-16(15)20-17/h2-8,11H,9-10,12H2,1H3,(H2,18,19,20). The highest BCUT2D eigenvalue weighted by Gasteiger charge is 2.01. The van der Waals surface area contributed by atoms with Gasteiger partial charge in [0.2, 0.25) is 5.95 Å². The van der Waals surface area contributed by atoms with Crippen molar-refractivity contribution in [3.63, 3.8) is 0 Å². The van der Waals surface area contributed by atoms with Crippen molar-refractivity contribution in [3.8, 4) is 5.75 Å². The smallest absolute Gasteiger partial charge is 0.201 e. The molecule has 0 aliphatic rings. The predicted octanol–water partition coefficient (Wildman–Crippen LogP) is 3.20. The molecular formula is C17H19N3O2. The second-order valence-electron chi connectivity index (χ2n) is 4.93. The van der Waals surface area contributed by atoms with Crippen LogP contribution in [0, 0.1) is 0 Å². The van der Waals surface area contributed by atoms with Crippen molar-refractivity contribution in [2.45, 2.75) is 6.61 Å². The van der Waals surface area contributed by atoms with E-state index >= 15 is 0 Å². The molecule has 2 N–H and O–H groups in total. The van der Waals surface area contributed by atoms with Crippen molar-refractivity contribution in [1.29, 1.82) is 0 Å². The zero-order valence-corrected chi connectivity index (χ0v) is 12.5. The first kappa shape index (κ1) is 14.4. The summed E-state index contributed by atoms with van der Waals surface area (Å²) in [5, 5.41) is 3.23. The summed E-state index contributed by atoms with van der Waals surface area (Å²) in [6.07, 6.45) is 0. The van der Waals surface area contributed by atoms with E-state index in [0.717, 1.165) is 28.3 Å². The Balaban J connectivity index is 1.43. The van der Waals surface area contributed by atoms with Crippen molar-refractivity contribution in [1.82, 2.24) is 9.97 Å². The molecule has 1 aromatic heterocycles. The number of fused-ring (bicyclic) bond motifs is 1. The quantitative estimate of drug-likeness (QED) is 0.658. The molecule has 3 rings (SSSR count). The zero-order valence-electron chi connectivity index (χ0n) is 12.5. The van der Waals surface area contributed by atoms with E-state index in [1.54, 1.807) is 7.11 Å². The summed E-state index contributed by atoms with van der Waals surface area (Å²) >= 11 is 0. The zero-order chi connectivity index (χ0) is 15.2. The highest BCUT2D eigenvalue weighted by atomic mass is 16.5. The van der Waals surface area contributed by atoms with Crippen molar-refractivity contribution < 1.29 is 9.47 Å². The van der Waals surface area contributed by atoms with Gasteiger partial charge in [0.05, 0.1) is 31.4 Å². The molecule has 0 amide bonds. The molecule has 114 valence electrons. The van der Waals surface area contributed by atoms with Crippen molar-refractivity contribution in [3.05, 3.63) is 54.1 Å². The minimum Gasteiger partial charge on any atom is -0.497 e. The van der Waals surface area contributed by atoms with Crippen LogP contribution in [-0.2, 0) is 11.3 Å². The van der Waals surface area contributed by atoms with Gasteiger partial charge >= 0.3 is 0 Å². The molecule has 0 radical (unpaired) electrons. The van der Waals surface area contributed by atoms with Crippen LogP contribution < -0.4 is 10.1 Å². The van der Waals surface area contributed by atoms with Gasteiger partial charge in [0, 0.05) is 6.54 Å². The lowest BCUT2D eigenvalue weighted by atomic mass is 10.2. The number of para-hydroxylation sites is 2. The lowest BCUT2D eigenvalue weighted by Gasteiger charge is -2.06. The first-order valence-corrected chi connectivity index (χ1v) is 7.24. The Labute approximate surface area is 129 Å². The van der Waals surface area contributed by atoms with Crippen LogP contribution in [0.3, 0.4) is 0 Å². The van der Waals surface area contributed by atoms with Crippen LogP contribution in [0.5, 0.6) is 5.75 Å². The molecule has 0 aliphatic heterocycles. The Bertz CT molecular complexity index is 706. The number of hydrogen-bond acceptors (Lipinski definition) is 4. The summed E-state index contributed by atoms with van der Waals surface area (Å²) in [5.41, 5.74) is 3.09. The summed E-state index contributed by atoms with van der Waals surface area (Å²) in [6, 6.07) is 15.8. The number of aromatic amines is 1. The number of ether oxygens (including phenoxy) is 2. The fourth-order valence-corrected chi connectivity index (χ4v) is 2.23. The van der Waals surface area contributed by atoms with E-state index in [2.05, 4.69) is 15.3 Å². The lowest BCUT2D eigenvalue weighted by molar-refractivity contribution is 0.130. The largest absolute Gasteiger partial charge is 0.497 e. The van der Waals surface area contributed by atoms with Crippen molar-refractivity contribution in [2.24, 2.45) is 0 Å². The Kier molecular flexibility index (Phi) is 4.56. The topological polar surface area (TPSA) is 59.2 Å². The van der Waals surface area contributed by atoms with E-state index in [1.165, 1.54) is 0 Å². The molecule has 0 atom stereocenters. The second kappa shape index (κ2) is 6.95. The van der Waals surface area contributed by atoms with Crippen LogP contribution in [0.15, 0.2) is 48.5 Å². The van der Waals surface area contributed by atoms with Crippen LogP contribution in [0.25, 0.3) is 11.0 Å². The minimum atomic E-state index is 0.568. The fourth-order valence-electron chi connectivity index (χ4n) is 2.23. The molecule has 5 nitrogen and oxygen atoms in total. The maximum Gasteiger partial charge on any atom is 0.201 e. The average molecular weight is 297 g/mol. The molecule has 0 saturated carbocycles. The second-order valence-corrected chi connectivity index (χ2v) is 4.93. The average Bonchev–Trinajstić information content (AvgIpc) is 2.97. The first-order valence-electron chi connectivity index (χ1n) is 7.24. The van der Waals surface area contributed by atoms with Crippen molar-refractivity contribution in [2.75, 3.05) is 25.6 Å². The number of benzene rings is 2. The van der Waals surface area contributed by atoms with Crippen molar-refractivity contribution >= 4 is 17.0 Å². The van der Waals surface area contributed by atoms with Crippen LogP contribution in [0.1, 0.15) is 5.56 Å². The number of rotatable bonds is 7. The number of H-pyrrole nitrogens is 1. The molecule has 22 heavy (non-hydrogen) atoms. The van der Waals surface area contributed by atoms with E-state index < -0.39 is 0 Å². The Morgan fingerprint density at radius 2 is 2.05 bits per heavy atom. The predicted molar refractivity (Wildman–Crippen MR) is 87.2 cm³/mol. The summed E-state index contributed by atoms with van der Waals surface area (Å²) in [7, 11) is 1.66. The molecule has 0 saturated heterocycles. The number of nitrogens with zero attached hydrogens (tertiary/aromatic N) is 1. The maximum atomic E-state index is 5.66. The summed E-state index contributed by atoms with van der Waals surface area (Å²) in [6.45, 7) is 1.87. The third kappa shape index (κ3) is 3.56. The number of nitrogens with one attached hydrogen (secondary N) is 2. The number of anilines is 1. The van der Waals surface area contributed by atoms with Gasteiger partial charge in [0.15, 0.2) is 0 Å². The first-order chi connectivity index (χ1) is 10.8. The number of methoxy groups -OCH3 is 1. The van der Waals surface area contributed by atoms with Crippen LogP contribution in [-0.4, -0.2) is 30.2 Å². The van der Waals surface area contributed by atoms with Crippen LogP contribution in [0.4, 0.5) is 5.95 Å². The third-order valence-corrected chi connectivity index (χ3v) is 3.33. The molecule has 0 bridgehead atoms. The molecule has 2 aromatic carbocycles. The summed E-state index contributed by atoms with van der Waals surface area (Å²) < 4.78 is 10.8. The van der Waals surface area contributed by atoms with Gasteiger partial charge in [-0.3, -0.25) is 0 Å². The van der Waals surface area contributed by atoms with E-state index in [1.807, 2.05) is 48.5 Å². The molecule has 1 heterocycles. The van der Waals surface area contributed by atoms with E-state index in [-0.39, 0.29) is 0 Å². The Morgan fingerprint density at radius 1 is 1.14 bits per heavy atom. The number of imidazole rings is 1. The van der Waals surface area contributed by atoms with Gasteiger partial charge in [-0.2, -0.15) is 0 Å². The maximum absolute atomic E-state index is 5.66. The van der Waals surface area contributed by atoms with Gasteiger partial charge in [-0.05, 0) is 29.8 Å². The van der Waals surface area contributed by atoms with Crippen LogP contribution >= 0.6 is 0 Å². The summed E-state index contributed by atoms with van der Waals surface area (Å²) in [4.78, 5) is 7.68. The fraction of sp³-hybridized carbons (Fsp3) is 0.235. The third-order valence-electron chi connectivity index (χ3n) is 3.33. The molecule has 0 unspecified atom stereocenters. The van der Waals surface area contributed by atoms with Gasteiger partial charge in [-0.25, -0.2) is 4.98 Å². The van der Waals surface area contributed by atoms with E-state index in [9.17, 15) is 0 Å². The van der Waals surface area contributed by atoms with Crippen LogP contribution in [0.2, 0.25) is 0 Å². The monoisotopic (exact) mass is 297 g/mol. The molecule has 3 aromatic rings. The number of aromatic nitrogens is 2. The highest BCUT2D eigenvalue weighted by molar-refractivity contribution is 5.77. The molecule has 0 fully saturated rings. The highest BCUT2D eigenvalue weighted by Crippen LogP contribution is 2.14. The minimum absolute atomic E-state index is 0.568. The molecule has 5 heteroatoms. The normalized spacial score (nSPS) is 10.8. The van der Waals surface area contributed by atoms with Gasteiger partial charge in [-0.15, -0.1) is 0 Å². The van der Waals surface area contributed by atoms with Gasteiger partial charge in [-0.1, -0.05) is 24.3 Å². The number of hydrogen-bond donors (Lipinski definition) is 2. The van der Waals surface area contributed by atoms with E-state index in [4.69, 9.17) is 9.47 Å². The Hall–Kier alpha value is -2.53.